The molecule has 0 bridgehead atoms. The summed E-state index contributed by atoms with van der Waals surface area (Å²) in [5.74, 6) is -1.42. The number of benzene rings is 1. The van der Waals surface area contributed by atoms with Crippen LogP contribution in [-0.2, 0) is 19.6 Å². The van der Waals surface area contributed by atoms with Crippen molar-refractivity contribution in [2.75, 3.05) is 31.1 Å². The lowest BCUT2D eigenvalue weighted by Gasteiger charge is -2.47. The van der Waals surface area contributed by atoms with E-state index in [0.717, 1.165) is 44.3 Å². The Hall–Kier alpha value is -2.98. The monoisotopic (exact) mass is 514 g/mol. The van der Waals surface area contributed by atoms with Crippen molar-refractivity contribution >= 4 is 27.6 Å². The highest BCUT2D eigenvalue weighted by molar-refractivity contribution is 7.89. The molecule has 0 radical (unpaired) electrons. The number of carboxylic acid groups (broad SMARTS) is 1. The largest absolute Gasteiger partial charge is 0.480 e. The number of carbonyl (C=O) groups excluding carboxylic acids is 1. The van der Waals surface area contributed by atoms with Crippen molar-refractivity contribution in [3.63, 3.8) is 0 Å². The third kappa shape index (κ3) is 6.22. The van der Waals surface area contributed by atoms with Gasteiger partial charge in [-0.15, -0.1) is 0 Å². The fourth-order valence-electron chi connectivity index (χ4n) is 5.16. The number of hydrogen-bond donors (Lipinski definition) is 2. The van der Waals surface area contributed by atoms with Gasteiger partial charge in [0.1, 0.15) is 6.04 Å². The van der Waals surface area contributed by atoms with Crippen LogP contribution < -0.4 is 9.62 Å². The van der Waals surface area contributed by atoms with E-state index in [4.69, 9.17) is 0 Å². The first-order chi connectivity index (χ1) is 17.2. The van der Waals surface area contributed by atoms with Crippen molar-refractivity contribution in [1.82, 2.24) is 14.6 Å². The van der Waals surface area contributed by atoms with Crippen LogP contribution in [-0.4, -0.2) is 67.5 Å². The Morgan fingerprint density at radius 1 is 1.00 bits per heavy atom. The van der Waals surface area contributed by atoms with E-state index in [1.54, 1.807) is 17.0 Å². The predicted octanol–water partition coefficient (Wildman–Crippen LogP) is 2.81. The van der Waals surface area contributed by atoms with Crippen LogP contribution in [0.4, 0.5) is 5.69 Å². The standard InChI is InChI=1S/C26H34N4O5S/c1-20-2-4-22(5-3-20)36(34,35)28-23(25(32)33)6-7-24(31)30-18-12-26(13-19-30)10-16-29(17-11-26)21-8-14-27-15-9-21/h2-5,8-9,14-15,23,28H,6-7,10-13,16-19H2,1H3,(H,32,33)/t23-/m0/s1. The van der Waals surface area contributed by atoms with Crippen molar-refractivity contribution in [3.8, 4) is 0 Å². The molecule has 1 amide bonds. The van der Waals surface area contributed by atoms with Crippen LogP contribution in [0.1, 0.15) is 44.1 Å². The van der Waals surface area contributed by atoms with Gasteiger partial charge in [-0.3, -0.25) is 14.6 Å². The van der Waals surface area contributed by atoms with Crippen molar-refractivity contribution < 1.29 is 23.1 Å². The Morgan fingerprint density at radius 3 is 2.17 bits per heavy atom. The van der Waals surface area contributed by atoms with E-state index in [-0.39, 0.29) is 29.1 Å². The Morgan fingerprint density at radius 2 is 1.58 bits per heavy atom. The van der Waals surface area contributed by atoms with Crippen LogP contribution in [0.25, 0.3) is 0 Å². The van der Waals surface area contributed by atoms with Crippen molar-refractivity contribution in [2.24, 2.45) is 5.41 Å². The first kappa shape index (κ1) is 26.1. The number of aliphatic carboxylic acids is 1. The zero-order chi connectivity index (χ0) is 25.8. The molecule has 2 fully saturated rings. The maximum atomic E-state index is 12.8. The summed E-state index contributed by atoms with van der Waals surface area (Å²) in [4.78, 5) is 32.8. The molecule has 2 aliphatic rings. The van der Waals surface area contributed by atoms with Crippen molar-refractivity contribution in [1.29, 1.82) is 0 Å². The summed E-state index contributed by atoms with van der Waals surface area (Å²) in [7, 11) is -4.00. The highest BCUT2D eigenvalue weighted by atomic mass is 32.2. The van der Waals surface area contributed by atoms with E-state index in [1.807, 2.05) is 31.5 Å². The number of sulfonamides is 1. The number of aromatic nitrogens is 1. The normalized spacial score (nSPS) is 18.7. The summed E-state index contributed by atoms with van der Waals surface area (Å²) in [6, 6.07) is 8.88. The average molecular weight is 515 g/mol. The number of nitrogens with zero attached hydrogens (tertiary/aromatic N) is 3. The molecule has 194 valence electrons. The Bertz CT molecular complexity index is 1150. The molecule has 1 aromatic carbocycles. The Kier molecular flexibility index (Phi) is 7.94. The number of nitrogens with one attached hydrogen (secondary N) is 1. The Labute approximate surface area is 212 Å². The molecule has 0 aliphatic carbocycles. The van der Waals surface area contributed by atoms with Crippen molar-refractivity contribution in [2.45, 2.75) is 56.4 Å². The number of rotatable bonds is 8. The van der Waals surface area contributed by atoms with E-state index >= 15 is 0 Å². The van der Waals surface area contributed by atoms with Gasteiger partial charge in [0.05, 0.1) is 4.90 Å². The zero-order valence-electron chi connectivity index (χ0n) is 20.6. The summed E-state index contributed by atoms with van der Waals surface area (Å²) < 4.78 is 27.5. The molecule has 1 atom stereocenters. The molecule has 0 saturated carbocycles. The molecule has 2 aromatic rings. The second-order valence-corrected chi connectivity index (χ2v) is 11.7. The smallest absolute Gasteiger partial charge is 0.321 e. The molecule has 0 unspecified atom stereocenters. The van der Waals surface area contributed by atoms with Gasteiger partial charge in [-0.25, -0.2) is 8.42 Å². The molecular formula is C26H34N4O5S. The van der Waals surface area contributed by atoms with Gasteiger partial charge >= 0.3 is 5.97 Å². The zero-order valence-corrected chi connectivity index (χ0v) is 21.4. The van der Waals surface area contributed by atoms with E-state index in [2.05, 4.69) is 14.6 Å². The van der Waals surface area contributed by atoms with Crippen LogP contribution >= 0.6 is 0 Å². The van der Waals surface area contributed by atoms with Gasteiger partial charge in [0.15, 0.2) is 0 Å². The molecule has 36 heavy (non-hydrogen) atoms. The summed E-state index contributed by atoms with van der Waals surface area (Å²) in [5.41, 5.74) is 2.34. The number of hydrogen-bond acceptors (Lipinski definition) is 6. The minimum atomic E-state index is -4.00. The third-order valence-corrected chi connectivity index (χ3v) is 9.09. The number of carboxylic acids is 1. The average Bonchev–Trinajstić information content (AvgIpc) is 2.88. The van der Waals surface area contributed by atoms with Gasteiger partial charge in [0.2, 0.25) is 15.9 Å². The molecule has 1 aromatic heterocycles. The topological polar surface area (TPSA) is 120 Å². The maximum absolute atomic E-state index is 12.8. The number of carbonyl (C=O) groups is 2. The quantitative estimate of drug-likeness (QED) is 0.556. The van der Waals surface area contributed by atoms with Crippen LogP contribution in [0.15, 0.2) is 53.7 Å². The van der Waals surface area contributed by atoms with Gasteiger partial charge in [0.25, 0.3) is 0 Å². The van der Waals surface area contributed by atoms with E-state index < -0.39 is 22.0 Å². The fraction of sp³-hybridized carbons (Fsp3) is 0.500. The van der Waals surface area contributed by atoms with Gasteiger partial charge in [-0.05, 0) is 68.7 Å². The first-order valence-electron chi connectivity index (χ1n) is 12.4. The molecule has 2 aliphatic heterocycles. The molecule has 9 nitrogen and oxygen atoms in total. The van der Waals surface area contributed by atoms with Crippen LogP contribution in [0.3, 0.4) is 0 Å². The second kappa shape index (κ2) is 11.0. The van der Waals surface area contributed by atoms with E-state index in [1.165, 1.54) is 17.8 Å². The maximum Gasteiger partial charge on any atom is 0.321 e. The number of amides is 1. The van der Waals surface area contributed by atoms with Crippen LogP contribution in [0.2, 0.25) is 0 Å². The molecule has 2 N–H and O–H groups in total. The lowest BCUT2D eigenvalue weighted by atomic mass is 9.71. The fourth-order valence-corrected chi connectivity index (χ4v) is 6.38. The van der Waals surface area contributed by atoms with Crippen LogP contribution in [0, 0.1) is 12.3 Å². The van der Waals surface area contributed by atoms with Gasteiger partial charge < -0.3 is 14.9 Å². The summed E-state index contributed by atoms with van der Waals surface area (Å²) in [5, 5.41) is 9.56. The second-order valence-electron chi connectivity index (χ2n) is 9.94. The highest BCUT2D eigenvalue weighted by Crippen LogP contribution is 2.42. The minimum Gasteiger partial charge on any atom is -0.480 e. The van der Waals surface area contributed by atoms with Crippen LogP contribution in [0.5, 0.6) is 0 Å². The predicted molar refractivity (Wildman–Crippen MR) is 136 cm³/mol. The number of likely N-dealkylation sites (tertiary alicyclic amines) is 1. The lowest BCUT2D eigenvalue weighted by Crippen LogP contribution is -2.48. The minimum absolute atomic E-state index is 0.00184. The lowest BCUT2D eigenvalue weighted by molar-refractivity contribution is -0.139. The molecule has 1 spiro atoms. The first-order valence-corrected chi connectivity index (χ1v) is 13.9. The van der Waals surface area contributed by atoms with Crippen molar-refractivity contribution in [3.05, 3.63) is 54.4 Å². The Balaban J connectivity index is 1.26. The summed E-state index contributed by atoms with van der Waals surface area (Å²) >= 11 is 0. The highest BCUT2D eigenvalue weighted by Gasteiger charge is 2.38. The molecule has 10 heteroatoms. The molecular weight excluding hydrogens is 480 g/mol. The molecule has 2 saturated heterocycles. The van der Waals surface area contributed by atoms with Gasteiger partial charge in [-0.2, -0.15) is 4.72 Å². The molecule has 4 rings (SSSR count). The summed E-state index contributed by atoms with van der Waals surface area (Å²) in [6.45, 7) is 5.12. The number of pyridine rings is 1. The number of piperidine rings is 2. The summed E-state index contributed by atoms with van der Waals surface area (Å²) in [6.07, 6.45) is 7.55. The third-order valence-electron chi connectivity index (χ3n) is 7.60. The number of anilines is 1. The number of aryl methyl sites for hydroxylation is 1. The van der Waals surface area contributed by atoms with Gasteiger partial charge in [0, 0.05) is 50.7 Å². The van der Waals surface area contributed by atoms with E-state index in [0.29, 0.717) is 13.1 Å². The van der Waals surface area contributed by atoms with Gasteiger partial charge in [-0.1, -0.05) is 17.7 Å². The molecule has 3 heterocycles. The SMILES string of the molecule is Cc1ccc(S(=O)(=O)N[C@@H](CCC(=O)N2CCC3(CC2)CCN(c2ccncc2)CC3)C(=O)O)cc1. The van der Waals surface area contributed by atoms with E-state index in [9.17, 15) is 23.1 Å².